The Labute approximate surface area is 256 Å². The van der Waals surface area contributed by atoms with E-state index in [2.05, 4.69) is 5.32 Å². The Hall–Kier alpha value is -2.88. The van der Waals surface area contributed by atoms with Gasteiger partial charge in [-0.2, -0.15) is 4.31 Å². The van der Waals surface area contributed by atoms with E-state index in [-0.39, 0.29) is 47.8 Å². The maximum atomic E-state index is 13.6. The summed E-state index contributed by atoms with van der Waals surface area (Å²) in [7, 11) is -8.11. The average molecular weight is 652 g/mol. The number of sulfone groups is 1. The van der Waals surface area contributed by atoms with E-state index in [1.807, 2.05) is 13.0 Å². The van der Waals surface area contributed by atoms with E-state index in [1.165, 1.54) is 34.8 Å². The van der Waals surface area contributed by atoms with Crippen LogP contribution in [0.15, 0.2) is 69.3 Å². The van der Waals surface area contributed by atoms with Gasteiger partial charge in [-0.3, -0.25) is 4.79 Å². The Morgan fingerprint density at radius 3 is 2.57 bits per heavy atom. The van der Waals surface area contributed by atoms with Gasteiger partial charge in [0.15, 0.2) is 0 Å². The van der Waals surface area contributed by atoms with Crippen LogP contribution in [0.4, 0.5) is 4.39 Å². The summed E-state index contributed by atoms with van der Waals surface area (Å²) in [4.78, 5) is 12.8. The fourth-order valence-corrected chi connectivity index (χ4v) is 8.31. The molecule has 5 rings (SSSR count). The number of halogens is 1. The van der Waals surface area contributed by atoms with Gasteiger partial charge >= 0.3 is 0 Å². The predicted octanol–water partition coefficient (Wildman–Crippen LogP) is 2.45. The van der Waals surface area contributed by atoms with Gasteiger partial charge in [0.25, 0.3) is 0 Å². The highest BCUT2D eigenvalue weighted by Crippen LogP contribution is 2.37. The van der Waals surface area contributed by atoms with Crippen LogP contribution in [0.5, 0.6) is 5.75 Å². The molecule has 2 aliphatic rings. The summed E-state index contributed by atoms with van der Waals surface area (Å²) in [6, 6.07) is 12.4. The molecule has 2 saturated heterocycles. The zero-order chi connectivity index (χ0) is 31.7. The summed E-state index contributed by atoms with van der Waals surface area (Å²) < 4.78 is 79.7. The molecule has 11 nitrogen and oxygen atoms in total. The van der Waals surface area contributed by atoms with Gasteiger partial charge in [-0.15, -0.1) is 0 Å². The minimum Gasteiger partial charge on any atom is -0.491 e. The van der Waals surface area contributed by atoms with Gasteiger partial charge in [0.2, 0.25) is 30.8 Å². The molecule has 0 saturated carbocycles. The molecule has 2 N–H and O–H groups in total. The van der Waals surface area contributed by atoms with Crippen molar-refractivity contribution in [3.63, 3.8) is 0 Å². The number of aliphatic hydroxyl groups is 1. The summed E-state index contributed by atoms with van der Waals surface area (Å²) in [5.41, 5.74) is -2.36. The van der Waals surface area contributed by atoms with Gasteiger partial charge in [0.05, 0.1) is 22.6 Å². The molecule has 3 aromatic rings. The molecule has 3 heterocycles. The Morgan fingerprint density at radius 2 is 1.86 bits per heavy atom. The van der Waals surface area contributed by atoms with E-state index in [0.717, 1.165) is 6.92 Å². The number of fused-ring (bicyclic) bond motifs is 1. The zero-order valence-electron chi connectivity index (χ0n) is 24.7. The van der Waals surface area contributed by atoms with Crippen molar-refractivity contribution in [3.05, 3.63) is 65.0 Å². The summed E-state index contributed by atoms with van der Waals surface area (Å²) in [5, 5.41) is 14.1. The number of aliphatic hydroxyl groups excluding tert-OH is 1. The van der Waals surface area contributed by atoms with Crippen LogP contribution in [0.1, 0.15) is 33.1 Å². The molecule has 14 heteroatoms. The molecule has 2 fully saturated rings. The van der Waals surface area contributed by atoms with Crippen LogP contribution in [0.25, 0.3) is 10.9 Å². The monoisotopic (exact) mass is 651 g/mol. The highest BCUT2D eigenvalue weighted by Gasteiger charge is 2.45. The van der Waals surface area contributed by atoms with Gasteiger partial charge in [0, 0.05) is 43.8 Å². The van der Waals surface area contributed by atoms with Crippen LogP contribution in [0.3, 0.4) is 0 Å². The number of hydrogen-bond acceptors (Lipinski definition) is 9. The molecule has 1 aromatic heterocycles. The lowest BCUT2D eigenvalue weighted by atomic mass is 9.88. The lowest BCUT2D eigenvalue weighted by molar-refractivity contribution is -0.0312. The molecule has 0 aliphatic carbocycles. The zero-order valence-corrected chi connectivity index (χ0v) is 26.3. The molecule has 44 heavy (non-hydrogen) atoms. The number of ether oxygens (including phenoxy) is 2. The molecule has 2 aromatic carbocycles. The van der Waals surface area contributed by atoms with Crippen LogP contribution >= 0.6 is 0 Å². The minimum absolute atomic E-state index is 0.0652. The molecule has 0 amide bonds. The Morgan fingerprint density at radius 1 is 1.14 bits per heavy atom. The fourth-order valence-electron chi connectivity index (χ4n) is 5.84. The number of sulfonamides is 1. The van der Waals surface area contributed by atoms with Crippen LogP contribution < -0.4 is 15.5 Å². The first-order valence-electron chi connectivity index (χ1n) is 14.6. The van der Waals surface area contributed by atoms with Crippen LogP contribution in [-0.2, 0) is 31.1 Å². The van der Waals surface area contributed by atoms with Gasteiger partial charge in [-0.25, -0.2) is 21.2 Å². The summed E-state index contributed by atoms with van der Waals surface area (Å²) >= 11 is 0. The number of piperidine rings is 1. The molecule has 2 aliphatic heterocycles. The highest BCUT2D eigenvalue weighted by atomic mass is 32.2. The maximum absolute atomic E-state index is 13.6. The maximum Gasteiger partial charge on any atom is 0.248 e. The van der Waals surface area contributed by atoms with Crippen molar-refractivity contribution >= 4 is 30.8 Å². The molecule has 0 bridgehead atoms. The predicted molar refractivity (Wildman–Crippen MR) is 163 cm³/mol. The molecule has 2 unspecified atom stereocenters. The highest BCUT2D eigenvalue weighted by molar-refractivity contribution is 7.91. The minimum atomic E-state index is -4.10. The quantitative estimate of drug-likeness (QED) is 0.320. The second-order valence-corrected chi connectivity index (χ2v) is 15.5. The summed E-state index contributed by atoms with van der Waals surface area (Å²) in [5.74, 6) is 0.202. The first-order chi connectivity index (χ1) is 20.9. The van der Waals surface area contributed by atoms with E-state index in [0.29, 0.717) is 43.3 Å². The van der Waals surface area contributed by atoms with Gasteiger partial charge in [-0.05, 0) is 63.4 Å². The van der Waals surface area contributed by atoms with E-state index >= 15 is 0 Å². The first kappa shape index (κ1) is 32.5. The summed E-state index contributed by atoms with van der Waals surface area (Å²) in [6.07, 6.45) is 2.11. The normalized spacial score (nSPS) is 20.6. The van der Waals surface area contributed by atoms with Crippen molar-refractivity contribution in [1.29, 1.82) is 0 Å². The van der Waals surface area contributed by atoms with E-state index < -0.39 is 42.5 Å². The SMILES string of the molecule is CCn1cc(S(=O)(=O)N2CCC3(CC2)C[C@@H](NCC(O)COc2cccc(S(=O)(=O)C(C)F)c2)CO3)c(=O)c2ccccc21. The third kappa shape index (κ3) is 6.56. The van der Waals surface area contributed by atoms with Gasteiger partial charge < -0.3 is 24.5 Å². The van der Waals surface area contributed by atoms with Gasteiger partial charge in [-0.1, -0.05) is 18.2 Å². The molecule has 240 valence electrons. The van der Waals surface area contributed by atoms with Crippen molar-refractivity contribution in [2.45, 2.75) is 72.7 Å². The van der Waals surface area contributed by atoms with Crippen molar-refractivity contribution in [2.75, 3.05) is 32.8 Å². The fraction of sp³-hybridized carbons (Fsp3) is 0.500. The van der Waals surface area contributed by atoms with Crippen molar-refractivity contribution < 1.29 is 35.8 Å². The topological polar surface area (TPSA) is 144 Å². The average Bonchev–Trinajstić information content (AvgIpc) is 3.41. The number of aromatic nitrogens is 1. The van der Waals surface area contributed by atoms with E-state index in [9.17, 15) is 31.1 Å². The molecule has 3 atom stereocenters. The Balaban J connectivity index is 1.14. The number of nitrogens with zero attached hydrogens (tertiary/aromatic N) is 2. The number of benzene rings is 2. The largest absolute Gasteiger partial charge is 0.491 e. The Kier molecular flexibility index (Phi) is 9.50. The smallest absolute Gasteiger partial charge is 0.248 e. The summed E-state index contributed by atoms with van der Waals surface area (Å²) in [6.45, 7) is 4.30. The van der Waals surface area contributed by atoms with Crippen LogP contribution in [-0.4, -0.2) is 86.9 Å². The number of rotatable bonds is 11. The Bertz CT molecular complexity index is 1770. The van der Waals surface area contributed by atoms with Crippen LogP contribution in [0, 0.1) is 0 Å². The number of para-hydroxylation sites is 1. The van der Waals surface area contributed by atoms with Crippen molar-refractivity contribution in [3.8, 4) is 5.75 Å². The number of nitrogens with one attached hydrogen (secondary N) is 1. The number of alkyl halides is 1. The first-order valence-corrected chi connectivity index (χ1v) is 17.6. The molecule has 0 radical (unpaired) electrons. The molecule has 1 spiro atoms. The lowest BCUT2D eigenvalue weighted by Crippen LogP contribution is -2.47. The number of pyridine rings is 1. The number of aryl methyl sites for hydroxylation is 1. The standard InChI is InChI=1S/C30H38FN3O8S2/c1-3-33-18-28(29(36)26-9-4-5-10-27(26)33)44(39,40)34-13-11-30(12-14-34)16-22(19-42-30)32-17-23(35)20-41-24-7-6-8-25(15-24)43(37,38)21(2)31/h4-10,15,18,21-23,32,35H,3,11-14,16-17,19-20H2,1-2H3/t21?,22-,23?/m1/s1. The third-order valence-electron chi connectivity index (χ3n) is 8.40. The second kappa shape index (κ2) is 12.9. The van der Waals surface area contributed by atoms with Gasteiger partial charge in [0.1, 0.15) is 23.4 Å². The van der Waals surface area contributed by atoms with Crippen molar-refractivity contribution in [2.24, 2.45) is 0 Å². The number of hydrogen-bond donors (Lipinski definition) is 2. The van der Waals surface area contributed by atoms with Crippen molar-refractivity contribution in [1.82, 2.24) is 14.2 Å². The van der Waals surface area contributed by atoms with Crippen LogP contribution in [0.2, 0.25) is 0 Å². The second-order valence-electron chi connectivity index (χ2n) is 11.4. The van der Waals surface area contributed by atoms with E-state index in [1.54, 1.807) is 22.8 Å². The molecular weight excluding hydrogens is 613 g/mol. The lowest BCUT2D eigenvalue weighted by Gasteiger charge is -2.38. The van der Waals surface area contributed by atoms with E-state index in [4.69, 9.17) is 9.47 Å². The third-order valence-corrected chi connectivity index (χ3v) is 12.1. The molecular formula is C30H38FN3O8S2.